The second-order valence-corrected chi connectivity index (χ2v) is 7.36. The number of benzene rings is 2. The van der Waals surface area contributed by atoms with E-state index < -0.39 is 12.0 Å². The molecule has 0 saturated carbocycles. The summed E-state index contributed by atoms with van der Waals surface area (Å²) in [6.07, 6.45) is 0. The van der Waals surface area contributed by atoms with E-state index in [4.69, 9.17) is 29.0 Å². The monoisotopic (exact) mass is 450 g/mol. The van der Waals surface area contributed by atoms with Crippen molar-refractivity contribution in [2.24, 2.45) is 0 Å². The molecule has 0 spiro atoms. The number of allylic oxidation sites excluding steroid dienone is 1. The zero-order valence-corrected chi connectivity index (χ0v) is 19.2. The van der Waals surface area contributed by atoms with E-state index >= 15 is 0 Å². The largest absolute Gasteiger partial charge is 0.497 e. The van der Waals surface area contributed by atoms with Crippen LogP contribution in [0, 0.1) is 0 Å². The molecule has 0 aliphatic carbocycles. The van der Waals surface area contributed by atoms with E-state index in [9.17, 15) is 4.79 Å². The molecular weight excluding hydrogens is 424 g/mol. The maximum atomic E-state index is 12.9. The normalized spacial score (nSPS) is 14.9. The Hall–Kier alpha value is -4.01. The molecule has 3 aromatic rings. The summed E-state index contributed by atoms with van der Waals surface area (Å²) >= 11 is 0. The molecule has 33 heavy (non-hydrogen) atoms. The first-order valence-electron chi connectivity index (χ1n) is 10.5. The van der Waals surface area contributed by atoms with E-state index in [1.54, 1.807) is 39.0 Å². The van der Waals surface area contributed by atoms with Gasteiger partial charge in [0.1, 0.15) is 23.3 Å². The van der Waals surface area contributed by atoms with Gasteiger partial charge in [-0.3, -0.25) is 0 Å². The molecule has 0 unspecified atom stereocenters. The number of aromatic nitrogens is 3. The molecule has 4 rings (SSSR count). The van der Waals surface area contributed by atoms with Gasteiger partial charge >= 0.3 is 5.97 Å². The van der Waals surface area contributed by atoms with Gasteiger partial charge < -0.3 is 24.3 Å². The highest BCUT2D eigenvalue weighted by atomic mass is 16.5. The highest BCUT2D eigenvalue weighted by Gasteiger charge is 2.35. The third-order valence-corrected chi connectivity index (χ3v) is 5.39. The summed E-state index contributed by atoms with van der Waals surface area (Å²) in [6, 6.07) is 12.4. The summed E-state index contributed by atoms with van der Waals surface area (Å²) in [5.74, 6) is 2.53. The molecular formula is C24H26N4O5. The number of rotatable bonds is 7. The Morgan fingerprint density at radius 3 is 2.21 bits per heavy atom. The van der Waals surface area contributed by atoms with Gasteiger partial charge in [-0.1, -0.05) is 12.1 Å². The molecule has 172 valence electrons. The van der Waals surface area contributed by atoms with E-state index in [-0.39, 0.29) is 6.61 Å². The smallest absolute Gasteiger partial charge is 0.338 e. The van der Waals surface area contributed by atoms with Crippen molar-refractivity contribution in [2.75, 3.05) is 33.3 Å². The first-order chi connectivity index (χ1) is 16.0. The third kappa shape index (κ3) is 4.21. The van der Waals surface area contributed by atoms with Crippen LogP contribution in [0.2, 0.25) is 0 Å². The molecule has 0 fully saturated rings. The van der Waals surface area contributed by atoms with E-state index in [0.29, 0.717) is 40.3 Å². The summed E-state index contributed by atoms with van der Waals surface area (Å²) in [4.78, 5) is 17.6. The van der Waals surface area contributed by atoms with Gasteiger partial charge in [-0.25, -0.2) is 9.48 Å². The lowest BCUT2D eigenvalue weighted by molar-refractivity contribution is -0.139. The predicted octanol–water partition coefficient (Wildman–Crippen LogP) is 3.82. The average molecular weight is 450 g/mol. The van der Waals surface area contributed by atoms with Crippen LogP contribution >= 0.6 is 0 Å². The summed E-state index contributed by atoms with van der Waals surface area (Å²) in [5.41, 5.74) is 2.69. The summed E-state index contributed by atoms with van der Waals surface area (Å²) in [6.45, 7) is 3.88. The predicted molar refractivity (Wildman–Crippen MR) is 123 cm³/mol. The lowest BCUT2D eigenvalue weighted by Crippen LogP contribution is -2.29. The van der Waals surface area contributed by atoms with Gasteiger partial charge in [0, 0.05) is 17.3 Å². The van der Waals surface area contributed by atoms with Crippen LogP contribution in [0.3, 0.4) is 0 Å². The highest BCUT2D eigenvalue weighted by molar-refractivity contribution is 5.92. The van der Waals surface area contributed by atoms with Crippen LogP contribution in [0.25, 0.3) is 11.4 Å². The quantitative estimate of drug-likeness (QED) is 0.543. The van der Waals surface area contributed by atoms with Gasteiger partial charge in [0.25, 0.3) is 0 Å². The molecule has 1 aromatic heterocycles. The van der Waals surface area contributed by atoms with Gasteiger partial charge in [0.2, 0.25) is 5.95 Å². The van der Waals surface area contributed by atoms with Gasteiger partial charge in [0.05, 0.1) is 33.5 Å². The maximum absolute atomic E-state index is 12.9. The molecule has 1 N–H and O–H groups in total. The number of hydrogen-bond donors (Lipinski definition) is 1. The fraction of sp³-hybridized carbons (Fsp3) is 0.292. The molecule has 2 heterocycles. The summed E-state index contributed by atoms with van der Waals surface area (Å²) in [7, 11) is 4.78. The number of carbonyl (C=O) groups excluding carboxylic acids is 1. The molecule has 9 nitrogen and oxygen atoms in total. The van der Waals surface area contributed by atoms with Crippen molar-refractivity contribution in [1.82, 2.24) is 14.8 Å². The zero-order valence-electron chi connectivity index (χ0n) is 19.2. The fourth-order valence-corrected chi connectivity index (χ4v) is 3.78. The fourth-order valence-electron chi connectivity index (χ4n) is 3.78. The molecule has 0 amide bonds. The average Bonchev–Trinajstić information content (AvgIpc) is 3.26. The van der Waals surface area contributed by atoms with Crippen molar-refractivity contribution in [3.63, 3.8) is 0 Å². The molecule has 2 aromatic carbocycles. The topological polar surface area (TPSA) is 96.7 Å². The van der Waals surface area contributed by atoms with Gasteiger partial charge in [-0.2, -0.15) is 4.98 Å². The number of methoxy groups -OCH3 is 3. The van der Waals surface area contributed by atoms with Gasteiger partial charge in [-0.15, -0.1) is 5.10 Å². The Kier molecular flexibility index (Phi) is 6.21. The summed E-state index contributed by atoms with van der Waals surface area (Å²) < 4.78 is 23.1. The van der Waals surface area contributed by atoms with Crippen LogP contribution in [0.4, 0.5) is 5.95 Å². The number of nitrogens with one attached hydrogen (secondary N) is 1. The number of ether oxygens (including phenoxy) is 4. The SMILES string of the molecule is CCOC(=O)C1=C(C)Nc2nc(-c3cc(OC)cc(OC)c3)nn2[C@@H]1c1ccc(OC)cc1. The van der Waals surface area contributed by atoms with Crippen molar-refractivity contribution >= 4 is 11.9 Å². The van der Waals surface area contributed by atoms with Crippen molar-refractivity contribution in [1.29, 1.82) is 0 Å². The number of hydrogen-bond acceptors (Lipinski definition) is 8. The van der Waals surface area contributed by atoms with Crippen molar-refractivity contribution in [2.45, 2.75) is 19.9 Å². The number of nitrogens with zero attached hydrogens (tertiary/aromatic N) is 3. The zero-order chi connectivity index (χ0) is 23.5. The van der Waals surface area contributed by atoms with Crippen LogP contribution in [-0.2, 0) is 9.53 Å². The Labute approximate surface area is 191 Å². The van der Waals surface area contributed by atoms with E-state index in [1.165, 1.54) is 0 Å². The first-order valence-corrected chi connectivity index (χ1v) is 10.5. The molecule has 1 aliphatic rings. The lowest BCUT2D eigenvalue weighted by Gasteiger charge is -2.28. The van der Waals surface area contributed by atoms with Crippen molar-refractivity contribution in [3.8, 4) is 28.6 Å². The molecule has 0 bridgehead atoms. The number of fused-ring (bicyclic) bond motifs is 1. The second kappa shape index (κ2) is 9.23. The minimum Gasteiger partial charge on any atom is -0.497 e. The van der Waals surface area contributed by atoms with E-state index in [0.717, 1.165) is 11.1 Å². The van der Waals surface area contributed by atoms with Gasteiger partial charge in [-0.05, 0) is 43.7 Å². The Balaban J connectivity index is 1.85. The van der Waals surface area contributed by atoms with Crippen LogP contribution in [0.1, 0.15) is 25.5 Å². The minimum absolute atomic E-state index is 0.268. The molecule has 1 atom stereocenters. The second-order valence-electron chi connectivity index (χ2n) is 7.36. The number of carbonyl (C=O) groups is 1. The van der Waals surface area contributed by atoms with Crippen LogP contribution in [0.15, 0.2) is 53.7 Å². The van der Waals surface area contributed by atoms with Crippen molar-refractivity contribution < 1.29 is 23.7 Å². The highest BCUT2D eigenvalue weighted by Crippen LogP contribution is 2.38. The first kappa shape index (κ1) is 22.2. The Morgan fingerprint density at radius 1 is 1.00 bits per heavy atom. The van der Waals surface area contributed by atoms with Crippen LogP contribution in [-0.4, -0.2) is 48.7 Å². The van der Waals surface area contributed by atoms with Crippen LogP contribution in [0.5, 0.6) is 17.2 Å². The maximum Gasteiger partial charge on any atom is 0.338 e. The molecule has 9 heteroatoms. The molecule has 0 saturated heterocycles. The van der Waals surface area contributed by atoms with Crippen LogP contribution < -0.4 is 19.5 Å². The van der Waals surface area contributed by atoms with Crippen molar-refractivity contribution in [3.05, 3.63) is 59.3 Å². The summed E-state index contributed by atoms with van der Waals surface area (Å²) in [5, 5.41) is 7.96. The van der Waals surface area contributed by atoms with E-state index in [1.807, 2.05) is 43.3 Å². The minimum atomic E-state index is -0.528. The third-order valence-electron chi connectivity index (χ3n) is 5.39. The molecule has 1 aliphatic heterocycles. The number of anilines is 1. The number of esters is 1. The Bertz CT molecular complexity index is 1180. The van der Waals surface area contributed by atoms with E-state index in [2.05, 4.69) is 5.32 Å². The standard InChI is InChI=1S/C24H26N4O5/c1-6-33-23(29)20-14(2)25-24-26-22(16-11-18(31-4)13-19(12-16)32-5)27-28(24)21(20)15-7-9-17(30-3)10-8-15/h7-13,21H,6H2,1-5H3,(H,25,26,27)/t21-/m1/s1. The van der Waals surface area contributed by atoms with Gasteiger partial charge in [0.15, 0.2) is 5.82 Å². The Morgan fingerprint density at radius 2 is 1.64 bits per heavy atom. The molecule has 0 radical (unpaired) electrons. The lowest BCUT2D eigenvalue weighted by atomic mass is 9.96.